The summed E-state index contributed by atoms with van der Waals surface area (Å²) in [5, 5.41) is 0. The van der Waals surface area contributed by atoms with E-state index >= 15 is 0 Å². The van der Waals surface area contributed by atoms with E-state index in [0.29, 0.717) is 27.5 Å². The summed E-state index contributed by atoms with van der Waals surface area (Å²) in [6.45, 7) is 1.76. The van der Waals surface area contributed by atoms with Crippen LogP contribution in [0.1, 0.15) is 5.69 Å². The smallest absolute Gasteiger partial charge is 0.265 e. The third-order valence-electron chi connectivity index (χ3n) is 2.76. The number of hydrogen-bond acceptors (Lipinski definition) is 4. The van der Waals surface area contributed by atoms with Crippen LogP contribution in [0.3, 0.4) is 0 Å². The molecule has 20 heavy (non-hydrogen) atoms. The van der Waals surface area contributed by atoms with Gasteiger partial charge < -0.3 is 14.5 Å². The minimum absolute atomic E-state index is 0.228. The van der Waals surface area contributed by atoms with Gasteiger partial charge in [-0.25, -0.2) is 4.98 Å². The molecule has 1 aromatic heterocycles. The van der Waals surface area contributed by atoms with Crippen molar-refractivity contribution in [3.8, 4) is 22.9 Å². The van der Waals surface area contributed by atoms with Crippen molar-refractivity contribution in [1.29, 1.82) is 0 Å². The molecule has 1 N–H and O–H groups in total. The van der Waals surface area contributed by atoms with Crippen LogP contribution < -0.4 is 15.0 Å². The Bertz CT molecular complexity index is 713. The molecule has 0 atom stereocenters. The molecule has 0 bridgehead atoms. The Kier molecular flexibility index (Phi) is 4.49. The van der Waals surface area contributed by atoms with Crippen molar-refractivity contribution in [2.45, 2.75) is 6.92 Å². The average Bonchev–Trinajstić information content (AvgIpc) is 2.43. The summed E-state index contributed by atoms with van der Waals surface area (Å²) in [7, 11) is 3.12. The van der Waals surface area contributed by atoms with E-state index in [1.165, 1.54) is 0 Å². The maximum absolute atomic E-state index is 11.8. The summed E-state index contributed by atoms with van der Waals surface area (Å²) < 4.78 is 11.7. The van der Waals surface area contributed by atoms with E-state index in [9.17, 15) is 4.79 Å². The molecule has 1 heterocycles. The number of aryl methyl sites for hydroxylation is 1. The molecule has 0 spiro atoms. The summed E-state index contributed by atoms with van der Waals surface area (Å²) in [5.74, 6) is 1.62. The first-order valence-corrected chi connectivity index (χ1v) is 7.24. The van der Waals surface area contributed by atoms with Crippen LogP contribution in [-0.2, 0) is 0 Å². The normalized spacial score (nSPS) is 10.4. The van der Waals surface area contributed by atoms with Crippen molar-refractivity contribution in [3.63, 3.8) is 0 Å². The SMILES string of the molecule is COc1cc(Br)c(-c2nc(C)c(Br)c(=O)[nH]2)cc1OC. The lowest BCUT2D eigenvalue weighted by atomic mass is 10.2. The Balaban J connectivity index is 2.67. The predicted molar refractivity (Wildman–Crippen MR) is 83.5 cm³/mol. The number of aromatic nitrogens is 2. The standard InChI is InChI=1S/C13H12Br2N2O3/c1-6-11(15)13(18)17-12(16-6)7-4-9(19-2)10(20-3)5-8(7)14/h4-5H,1-3H3,(H,16,17,18). The van der Waals surface area contributed by atoms with Crippen molar-refractivity contribution in [3.05, 3.63) is 37.1 Å². The number of rotatable bonds is 3. The van der Waals surface area contributed by atoms with E-state index in [-0.39, 0.29) is 5.56 Å². The Morgan fingerprint density at radius 1 is 1.15 bits per heavy atom. The molecule has 2 aromatic rings. The van der Waals surface area contributed by atoms with Crippen LogP contribution >= 0.6 is 31.9 Å². The topological polar surface area (TPSA) is 64.2 Å². The van der Waals surface area contributed by atoms with Gasteiger partial charge in [0.05, 0.1) is 19.9 Å². The number of H-pyrrole nitrogens is 1. The fourth-order valence-corrected chi connectivity index (χ4v) is 2.43. The number of nitrogens with one attached hydrogen (secondary N) is 1. The molecule has 7 heteroatoms. The van der Waals surface area contributed by atoms with Gasteiger partial charge in [0.2, 0.25) is 0 Å². The largest absolute Gasteiger partial charge is 0.493 e. The summed E-state index contributed by atoms with van der Waals surface area (Å²) in [6, 6.07) is 3.53. The number of halogens is 2. The molecule has 0 aliphatic rings. The minimum atomic E-state index is -0.228. The van der Waals surface area contributed by atoms with Gasteiger partial charge in [-0.15, -0.1) is 0 Å². The fourth-order valence-electron chi connectivity index (χ4n) is 1.73. The van der Waals surface area contributed by atoms with Gasteiger partial charge in [-0.2, -0.15) is 0 Å². The molecule has 0 aliphatic carbocycles. The maximum atomic E-state index is 11.8. The zero-order valence-electron chi connectivity index (χ0n) is 11.1. The second-order valence-corrected chi connectivity index (χ2v) is 5.65. The maximum Gasteiger partial charge on any atom is 0.265 e. The molecule has 2 rings (SSSR count). The van der Waals surface area contributed by atoms with Crippen molar-refractivity contribution >= 4 is 31.9 Å². The van der Waals surface area contributed by atoms with Crippen LogP contribution in [0.5, 0.6) is 11.5 Å². The highest BCUT2D eigenvalue weighted by Gasteiger charge is 2.14. The zero-order chi connectivity index (χ0) is 14.9. The van der Waals surface area contributed by atoms with E-state index in [0.717, 1.165) is 10.0 Å². The highest BCUT2D eigenvalue weighted by atomic mass is 79.9. The molecule has 0 aliphatic heterocycles. The molecule has 0 saturated carbocycles. The van der Waals surface area contributed by atoms with Gasteiger partial charge in [0.25, 0.3) is 5.56 Å². The third-order valence-corrected chi connectivity index (χ3v) is 4.35. The van der Waals surface area contributed by atoms with Gasteiger partial charge in [0, 0.05) is 10.0 Å². The van der Waals surface area contributed by atoms with Crippen LogP contribution in [-0.4, -0.2) is 24.2 Å². The van der Waals surface area contributed by atoms with E-state index < -0.39 is 0 Å². The van der Waals surface area contributed by atoms with E-state index in [2.05, 4.69) is 41.8 Å². The Hall–Kier alpha value is -1.34. The number of benzene rings is 1. The number of methoxy groups -OCH3 is 2. The monoisotopic (exact) mass is 402 g/mol. The molecule has 0 radical (unpaired) electrons. The molecular formula is C13H12Br2N2O3. The quantitative estimate of drug-likeness (QED) is 0.853. The van der Waals surface area contributed by atoms with Crippen LogP contribution in [0, 0.1) is 6.92 Å². The van der Waals surface area contributed by atoms with E-state index in [1.54, 1.807) is 33.3 Å². The fraction of sp³-hybridized carbons (Fsp3) is 0.231. The highest BCUT2D eigenvalue weighted by Crippen LogP contribution is 2.37. The Morgan fingerprint density at radius 2 is 1.75 bits per heavy atom. The van der Waals surface area contributed by atoms with Crippen molar-refractivity contribution in [2.75, 3.05) is 14.2 Å². The van der Waals surface area contributed by atoms with Crippen LogP contribution in [0.15, 0.2) is 25.9 Å². The second-order valence-electron chi connectivity index (χ2n) is 4.00. The van der Waals surface area contributed by atoms with Crippen LogP contribution in [0.25, 0.3) is 11.4 Å². The molecule has 1 aromatic carbocycles. The third kappa shape index (κ3) is 2.73. The van der Waals surface area contributed by atoms with Gasteiger partial charge in [0.15, 0.2) is 11.5 Å². The molecule has 0 saturated heterocycles. The first-order valence-electron chi connectivity index (χ1n) is 5.66. The number of aromatic amines is 1. The average molecular weight is 404 g/mol. The van der Waals surface area contributed by atoms with Gasteiger partial charge in [-0.3, -0.25) is 4.79 Å². The number of hydrogen-bond donors (Lipinski definition) is 1. The summed E-state index contributed by atoms with van der Waals surface area (Å²) in [4.78, 5) is 18.9. The number of nitrogens with zero attached hydrogens (tertiary/aromatic N) is 1. The lowest BCUT2D eigenvalue weighted by Crippen LogP contribution is -2.12. The molecule has 0 fully saturated rings. The Morgan fingerprint density at radius 3 is 2.30 bits per heavy atom. The molecule has 106 valence electrons. The first-order chi connectivity index (χ1) is 9.47. The highest BCUT2D eigenvalue weighted by molar-refractivity contribution is 9.10. The summed E-state index contributed by atoms with van der Waals surface area (Å²) >= 11 is 6.64. The summed E-state index contributed by atoms with van der Waals surface area (Å²) in [5.41, 5.74) is 1.11. The van der Waals surface area contributed by atoms with Crippen LogP contribution in [0.4, 0.5) is 0 Å². The van der Waals surface area contributed by atoms with Crippen molar-refractivity contribution in [1.82, 2.24) is 9.97 Å². The minimum Gasteiger partial charge on any atom is -0.493 e. The van der Waals surface area contributed by atoms with E-state index in [4.69, 9.17) is 9.47 Å². The molecule has 0 unspecified atom stereocenters. The van der Waals surface area contributed by atoms with Gasteiger partial charge in [0.1, 0.15) is 10.3 Å². The molecule has 5 nitrogen and oxygen atoms in total. The zero-order valence-corrected chi connectivity index (χ0v) is 14.3. The van der Waals surface area contributed by atoms with Gasteiger partial charge >= 0.3 is 0 Å². The van der Waals surface area contributed by atoms with Gasteiger partial charge in [-0.1, -0.05) is 0 Å². The van der Waals surface area contributed by atoms with Crippen LogP contribution in [0.2, 0.25) is 0 Å². The lowest BCUT2D eigenvalue weighted by molar-refractivity contribution is 0.355. The van der Waals surface area contributed by atoms with Gasteiger partial charge in [-0.05, 0) is 50.9 Å². The van der Waals surface area contributed by atoms with Crippen molar-refractivity contribution < 1.29 is 9.47 Å². The predicted octanol–water partition coefficient (Wildman–Crippen LogP) is 3.29. The number of ether oxygens (including phenoxy) is 2. The second kappa shape index (κ2) is 5.97. The molecular weight excluding hydrogens is 392 g/mol. The van der Waals surface area contributed by atoms with Crippen molar-refractivity contribution in [2.24, 2.45) is 0 Å². The lowest BCUT2D eigenvalue weighted by Gasteiger charge is -2.12. The van der Waals surface area contributed by atoms with E-state index in [1.807, 2.05) is 0 Å². The molecule has 0 amide bonds. The summed E-state index contributed by atoms with van der Waals surface area (Å²) in [6.07, 6.45) is 0. The Labute approximate surface area is 132 Å². The first kappa shape index (κ1) is 15.1.